The molecule has 0 unspecified atom stereocenters. The molecule has 1 N–H and O–H groups in total. The quantitative estimate of drug-likeness (QED) is 0.440. The molecule has 9 heteroatoms. The van der Waals surface area contributed by atoms with Gasteiger partial charge in [-0.1, -0.05) is 18.2 Å². The molecule has 0 saturated carbocycles. The van der Waals surface area contributed by atoms with Gasteiger partial charge < -0.3 is 19.5 Å². The average molecular weight is 388 g/mol. The first-order chi connectivity index (χ1) is 13.3. The first-order valence-corrected chi connectivity index (χ1v) is 8.22. The van der Waals surface area contributed by atoms with Gasteiger partial charge in [-0.25, -0.2) is 4.79 Å². The van der Waals surface area contributed by atoms with Gasteiger partial charge in [0.2, 0.25) is 0 Å². The molecule has 1 amide bonds. The number of hydrogen-bond donors (Lipinski definition) is 1. The van der Waals surface area contributed by atoms with Crippen molar-refractivity contribution in [2.75, 3.05) is 26.1 Å². The fourth-order valence-electron chi connectivity index (χ4n) is 2.58. The summed E-state index contributed by atoms with van der Waals surface area (Å²) >= 11 is 0. The predicted octanol–water partition coefficient (Wildman–Crippen LogP) is 3.02. The summed E-state index contributed by atoms with van der Waals surface area (Å²) in [5.41, 5.74) is 1.48. The number of amides is 1. The Morgan fingerprint density at radius 2 is 1.64 bits per heavy atom. The maximum absolute atomic E-state index is 12.3. The number of esters is 1. The highest BCUT2D eigenvalue weighted by molar-refractivity contribution is 5.98. The van der Waals surface area contributed by atoms with Crippen molar-refractivity contribution in [3.63, 3.8) is 0 Å². The van der Waals surface area contributed by atoms with E-state index in [4.69, 9.17) is 14.2 Å². The maximum atomic E-state index is 12.3. The van der Waals surface area contributed by atoms with Crippen LogP contribution in [0.15, 0.2) is 30.3 Å². The minimum atomic E-state index is -1.02. The summed E-state index contributed by atoms with van der Waals surface area (Å²) in [7, 11) is 2.65. The summed E-state index contributed by atoms with van der Waals surface area (Å²) in [4.78, 5) is 35.0. The molecule has 0 atom stereocenters. The molecular weight excluding hydrogens is 368 g/mol. The van der Waals surface area contributed by atoms with Gasteiger partial charge in [-0.15, -0.1) is 0 Å². The molecule has 9 nitrogen and oxygen atoms in total. The second-order valence-corrected chi connectivity index (χ2v) is 5.87. The van der Waals surface area contributed by atoms with Crippen molar-refractivity contribution in [3.8, 4) is 11.5 Å². The molecule has 28 heavy (non-hydrogen) atoms. The lowest BCUT2D eigenvalue weighted by Gasteiger charge is -2.12. The number of rotatable bonds is 7. The number of nitro benzene ring substituents is 1. The van der Waals surface area contributed by atoms with Crippen LogP contribution >= 0.6 is 0 Å². The van der Waals surface area contributed by atoms with Crippen LogP contribution in [0.3, 0.4) is 0 Å². The van der Waals surface area contributed by atoms with E-state index in [0.717, 1.165) is 23.3 Å². The van der Waals surface area contributed by atoms with Crippen molar-refractivity contribution < 1.29 is 28.7 Å². The Hall–Kier alpha value is -3.62. The third-order valence-electron chi connectivity index (χ3n) is 4.00. The molecule has 0 saturated heterocycles. The van der Waals surface area contributed by atoms with E-state index in [-0.39, 0.29) is 17.1 Å². The molecule has 0 aliphatic rings. The molecular formula is C19H20N2O7. The van der Waals surface area contributed by atoms with Gasteiger partial charge in [-0.3, -0.25) is 14.9 Å². The molecule has 0 radical (unpaired) electrons. The number of nitrogens with one attached hydrogen (secondary N) is 1. The predicted molar refractivity (Wildman–Crippen MR) is 101 cm³/mol. The first-order valence-electron chi connectivity index (χ1n) is 8.22. The van der Waals surface area contributed by atoms with E-state index < -0.39 is 29.1 Å². The summed E-state index contributed by atoms with van der Waals surface area (Å²) in [5, 5.41) is 13.9. The summed E-state index contributed by atoms with van der Waals surface area (Å²) < 4.78 is 15.0. The van der Waals surface area contributed by atoms with E-state index in [0.29, 0.717) is 5.69 Å². The van der Waals surface area contributed by atoms with Crippen LogP contribution < -0.4 is 14.8 Å². The third kappa shape index (κ3) is 4.56. The lowest BCUT2D eigenvalue weighted by molar-refractivity contribution is -0.385. The number of anilines is 1. The fourth-order valence-corrected chi connectivity index (χ4v) is 2.58. The van der Waals surface area contributed by atoms with Crippen LogP contribution in [0.2, 0.25) is 0 Å². The number of ether oxygens (including phenoxy) is 3. The van der Waals surface area contributed by atoms with Gasteiger partial charge in [0.15, 0.2) is 18.1 Å². The van der Waals surface area contributed by atoms with Crippen molar-refractivity contribution >= 4 is 23.3 Å². The minimum absolute atomic E-state index is 0.0959. The Kier molecular flexibility index (Phi) is 6.54. The van der Waals surface area contributed by atoms with E-state index in [1.54, 1.807) is 0 Å². The molecule has 148 valence electrons. The van der Waals surface area contributed by atoms with Crippen LogP contribution in [0, 0.1) is 24.0 Å². The second kappa shape index (κ2) is 8.85. The van der Waals surface area contributed by atoms with Gasteiger partial charge in [0.1, 0.15) is 5.56 Å². The lowest BCUT2D eigenvalue weighted by atomic mass is 10.1. The molecule has 0 aromatic heterocycles. The Morgan fingerprint density at radius 1 is 1.07 bits per heavy atom. The number of carbonyl (C=O) groups is 2. The highest BCUT2D eigenvalue weighted by Crippen LogP contribution is 2.34. The molecule has 0 heterocycles. The standard InChI is InChI=1S/C19H20N2O7/c1-11-6-5-7-12(2)18(11)20-17(22)10-28-19(23)13-8-15(26-3)16(27-4)9-14(13)21(24)25/h5-9H,10H2,1-4H3,(H,20,22). The normalized spacial score (nSPS) is 10.1. The zero-order valence-corrected chi connectivity index (χ0v) is 15.9. The zero-order chi connectivity index (χ0) is 20.8. The lowest BCUT2D eigenvalue weighted by Crippen LogP contribution is -2.22. The van der Waals surface area contributed by atoms with Gasteiger partial charge >= 0.3 is 5.97 Å². The molecule has 0 bridgehead atoms. The molecule has 2 rings (SSSR count). The average Bonchev–Trinajstić information content (AvgIpc) is 2.67. The first kappa shape index (κ1) is 20.7. The van der Waals surface area contributed by atoms with Gasteiger partial charge in [0, 0.05) is 11.8 Å². The van der Waals surface area contributed by atoms with Crippen molar-refractivity contribution in [2.24, 2.45) is 0 Å². The summed E-state index contributed by atoms with van der Waals surface area (Å²) in [6.07, 6.45) is 0. The van der Waals surface area contributed by atoms with Crippen molar-refractivity contribution in [1.29, 1.82) is 0 Å². The SMILES string of the molecule is COc1cc(C(=O)OCC(=O)Nc2c(C)cccc2C)c([N+](=O)[O-])cc1OC. The van der Waals surface area contributed by atoms with E-state index in [2.05, 4.69) is 5.32 Å². The molecule has 2 aromatic rings. The summed E-state index contributed by atoms with van der Waals surface area (Å²) in [6, 6.07) is 7.73. The Bertz CT molecular complexity index is 904. The number of benzene rings is 2. The summed E-state index contributed by atoms with van der Waals surface area (Å²) in [5.74, 6) is -1.36. The largest absolute Gasteiger partial charge is 0.493 e. The van der Waals surface area contributed by atoms with E-state index in [1.165, 1.54) is 14.2 Å². The topological polar surface area (TPSA) is 117 Å². The van der Waals surface area contributed by atoms with E-state index in [9.17, 15) is 19.7 Å². The minimum Gasteiger partial charge on any atom is -0.493 e. The Labute approximate surface area is 161 Å². The van der Waals surface area contributed by atoms with Crippen LogP contribution in [0.5, 0.6) is 11.5 Å². The van der Waals surface area contributed by atoms with E-state index in [1.807, 2.05) is 32.0 Å². The molecule has 0 spiro atoms. The molecule has 0 aliphatic heterocycles. The van der Waals surface area contributed by atoms with Gasteiger partial charge in [-0.2, -0.15) is 0 Å². The number of nitro groups is 1. The Morgan fingerprint density at radius 3 is 2.18 bits per heavy atom. The van der Waals surface area contributed by atoms with Crippen LogP contribution in [-0.2, 0) is 9.53 Å². The monoisotopic (exact) mass is 388 g/mol. The molecule has 0 fully saturated rings. The second-order valence-electron chi connectivity index (χ2n) is 5.87. The highest BCUT2D eigenvalue weighted by Gasteiger charge is 2.26. The van der Waals surface area contributed by atoms with Gasteiger partial charge in [-0.05, 0) is 25.0 Å². The van der Waals surface area contributed by atoms with Crippen LogP contribution in [0.4, 0.5) is 11.4 Å². The van der Waals surface area contributed by atoms with Crippen molar-refractivity contribution in [3.05, 3.63) is 57.1 Å². The van der Waals surface area contributed by atoms with Crippen LogP contribution in [0.25, 0.3) is 0 Å². The van der Waals surface area contributed by atoms with Gasteiger partial charge in [0.05, 0.1) is 25.2 Å². The number of hydrogen-bond acceptors (Lipinski definition) is 7. The third-order valence-corrected chi connectivity index (χ3v) is 4.00. The fraction of sp³-hybridized carbons (Fsp3) is 0.263. The number of nitrogens with zero attached hydrogens (tertiary/aromatic N) is 1. The zero-order valence-electron chi connectivity index (χ0n) is 15.9. The van der Waals surface area contributed by atoms with Crippen LogP contribution in [0.1, 0.15) is 21.5 Å². The van der Waals surface area contributed by atoms with Crippen molar-refractivity contribution in [2.45, 2.75) is 13.8 Å². The molecule has 2 aromatic carbocycles. The number of methoxy groups -OCH3 is 2. The number of carbonyl (C=O) groups excluding carboxylic acids is 2. The van der Waals surface area contributed by atoms with Crippen molar-refractivity contribution in [1.82, 2.24) is 0 Å². The van der Waals surface area contributed by atoms with Gasteiger partial charge in [0.25, 0.3) is 11.6 Å². The highest BCUT2D eigenvalue weighted by atomic mass is 16.6. The smallest absolute Gasteiger partial charge is 0.345 e. The Balaban J connectivity index is 2.16. The maximum Gasteiger partial charge on any atom is 0.345 e. The van der Waals surface area contributed by atoms with E-state index >= 15 is 0 Å². The number of aryl methyl sites for hydroxylation is 2. The summed E-state index contributed by atoms with van der Waals surface area (Å²) in [6.45, 7) is 3.07. The van der Waals surface area contributed by atoms with Crippen LogP contribution in [-0.4, -0.2) is 37.6 Å². The number of para-hydroxylation sites is 1. The molecule has 0 aliphatic carbocycles.